The first-order valence-corrected chi connectivity index (χ1v) is 5.33. The van der Waals surface area contributed by atoms with Crippen molar-refractivity contribution in [2.24, 2.45) is 11.8 Å². The van der Waals surface area contributed by atoms with Gasteiger partial charge < -0.3 is 10.6 Å². The zero-order valence-electron chi connectivity index (χ0n) is 8.21. The van der Waals surface area contributed by atoms with Crippen LogP contribution in [0.5, 0.6) is 0 Å². The number of hydrogen-bond acceptors (Lipinski definition) is 2. The summed E-state index contributed by atoms with van der Waals surface area (Å²) in [6.07, 6.45) is 3.61. The first kappa shape index (κ1) is 9.49. The van der Waals surface area contributed by atoms with Crippen LogP contribution in [0.2, 0.25) is 0 Å². The van der Waals surface area contributed by atoms with Gasteiger partial charge in [-0.15, -0.1) is 0 Å². The molecule has 4 nitrogen and oxygen atoms in total. The largest absolute Gasteiger partial charge is 0.356 e. The molecule has 2 rings (SSSR count). The topological polar surface area (TPSA) is 58.2 Å². The van der Waals surface area contributed by atoms with Gasteiger partial charge in [0, 0.05) is 24.9 Å². The van der Waals surface area contributed by atoms with Gasteiger partial charge in [0.1, 0.15) is 0 Å². The van der Waals surface area contributed by atoms with Crippen molar-refractivity contribution in [1.29, 1.82) is 0 Å². The second-order valence-electron chi connectivity index (χ2n) is 4.13. The number of carbonyl (C=O) groups is 2. The van der Waals surface area contributed by atoms with Crippen LogP contribution in [0.3, 0.4) is 0 Å². The summed E-state index contributed by atoms with van der Waals surface area (Å²) in [6.45, 7) is 1.61. The molecule has 2 atom stereocenters. The zero-order valence-corrected chi connectivity index (χ0v) is 8.21. The maximum atomic E-state index is 11.2. The van der Waals surface area contributed by atoms with Gasteiger partial charge in [0.15, 0.2) is 0 Å². The molecule has 0 bridgehead atoms. The van der Waals surface area contributed by atoms with E-state index in [2.05, 4.69) is 10.6 Å². The van der Waals surface area contributed by atoms with E-state index < -0.39 is 0 Å². The molecule has 78 valence electrons. The Hall–Kier alpha value is -1.06. The third-order valence-corrected chi connectivity index (χ3v) is 3.19. The quantitative estimate of drug-likeness (QED) is 0.669. The van der Waals surface area contributed by atoms with Crippen molar-refractivity contribution < 1.29 is 9.59 Å². The highest BCUT2D eigenvalue weighted by Gasteiger charge is 2.28. The summed E-state index contributed by atoms with van der Waals surface area (Å²) >= 11 is 0. The molecule has 2 N–H and O–H groups in total. The van der Waals surface area contributed by atoms with Gasteiger partial charge in [-0.3, -0.25) is 9.59 Å². The third kappa shape index (κ3) is 1.89. The molecule has 0 aromatic rings. The summed E-state index contributed by atoms with van der Waals surface area (Å²) < 4.78 is 0. The Bertz CT molecular complexity index is 227. The molecule has 0 aromatic carbocycles. The minimum Gasteiger partial charge on any atom is -0.356 e. The van der Waals surface area contributed by atoms with Crippen LogP contribution in [0.25, 0.3) is 0 Å². The predicted octanol–water partition coefficient (Wildman–Crippen LogP) is 0.0388. The van der Waals surface area contributed by atoms with Crippen molar-refractivity contribution in [3.8, 4) is 0 Å². The first-order valence-electron chi connectivity index (χ1n) is 5.33. The number of rotatable bonds is 3. The summed E-state index contributed by atoms with van der Waals surface area (Å²) in [5, 5.41) is 5.63. The van der Waals surface area contributed by atoms with Crippen molar-refractivity contribution >= 4 is 11.8 Å². The molecule has 2 fully saturated rings. The average Bonchev–Trinajstić information content (AvgIpc) is 2.72. The standard InChI is InChI=1S/C10H16N2O2/c13-9-7(3-5-11-9)1-2-8-4-6-12-10(8)14/h7-8H,1-6H2,(H,11,13)(H,12,14)/t7-,8?/m1/s1. The fraction of sp³-hybridized carbons (Fsp3) is 0.800. The molecule has 0 saturated carbocycles. The Balaban J connectivity index is 1.76. The molecular weight excluding hydrogens is 180 g/mol. The second-order valence-corrected chi connectivity index (χ2v) is 4.13. The molecule has 0 aromatic heterocycles. The number of hydrogen-bond donors (Lipinski definition) is 2. The highest BCUT2D eigenvalue weighted by atomic mass is 16.2. The van der Waals surface area contributed by atoms with E-state index in [-0.39, 0.29) is 23.7 Å². The normalized spacial score (nSPS) is 31.7. The molecule has 1 unspecified atom stereocenters. The predicted molar refractivity (Wildman–Crippen MR) is 51.5 cm³/mol. The summed E-state index contributed by atoms with van der Waals surface area (Å²) in [5.41, 5.74) is 0. The third-order valence-electron chi connectivity index (χ3n) is 3.19. The number of carbonyl (C=O) groups excluding carboxylic acids is 2. The Morgan fingerprint density at radius 3 is 1.64 bits per heavy atom. The number of nitrogens with one attached hydrogen (secondary N) is 2. The summed E-state index contributed by atoms with van der Waals surface area (Å²) in [4.78, 5) is 22.5. The van der Waals surface area contributed by atoms with Crippen LogP contribution in [0.4, 0.5) is 0 Å². The molecule has 0 radical (unpaired) electrons. The smallest absolute Gasteiger partial charge is 0.223 e. The lowest BCUT2D eigenvalue weighted by molar-refractivity contribution is -0.124. The summed E-state index contributed by atoms with van der Waals surface area (Å²) in [5.74, 6) is 0.651. The molecule has 2 saturated heterocycles. The van der Waals surface area contributed by atoms with Crippen molar-refractivity contribution in [2.45, 2.75) is 25.7 Å². The summed E-state index contributed by atoms with van der Waals surface area (Å²) in [6, 6.07) is 0. The van der Waals surface area contributed by atoms with E-state index in [0.29, 0.717) is 0 Å². The lowest BCUT2D eigenvalue weighted by atomic mass is 9.94. The fourth-order valence-electron chi connectivity index (χ4n) is 2.24. The molecule has 4 heteroatoms. The van der Waals surface area contributed by atoms with Crippen LogP contribution in [-0.2, 0) is 9.59 Å². The molecule has 14 heavy (non-hydrogen) atoms. The van der Waals surface area contributed by atoms with E-state index in [4.69, 9.17) is 0 Å². The van der Waals surface area contributed by atoms with Crippen molar-refractivity contribution in [3.63, 3.8) is 0 Å². The maximum absolute atomic E-state index is 11.2. The lowest BCUT2D eigenvalue weighted by Gasteiger charge is -2.09. The van der Waals surface area contributed by atoms with Gasteiger partial charge in [0.05, 0.1) is 0 Å². The summed E-state index contributed by atoms with van der Waals surface area (Å²) in [7, 11) is 0. The molecule has 0 spiro atoms. The van der Waals surface area contributed by atoms with Crippen LogP contribution in [-0.4, -0.2) is 24.9 Å². The van der Waals surface area contributed by atoms with E-state index in [9.17, 15) is 9.59 Å². The minimum atomic E-state index is 0.156. The Morgan fingerprint density at radius 1 is 0.929 bits per heavy atom. The van der Waals surface area contributed by atoms with Gasteiger partial charge in [-0.25, -0.2) is 0 Å². The molecule has 2 heterocycles. The number of amides is 2. The Labute approximate surface area is 83.4 Å². The fourth-order valence-corrected chi connectivity index (χ4v) is 2.24. The van der Waals surface area contributed by atoms with E-state index in [1.807, 2.05) is 0 Å². The van der Waals surface area contributed by atoms with Crippen molar-refractivity contribution in [2.75, 3.05) is 13.1 Å². The van der Waals surface area contributed by atoms with Gasteiger partial charge in [-0.05, 0) is 25.7 Å². The van der Waals surface area contributed by atoms with Gasteiger partial charge in [0.25, 0.3) is 0 Å². The Morgan fingerprint density at radius 2 is 1.36 bits per heavy atom. The maximum Gasteiger partial charge on any atom is 0.223 e. The minimum absolute atomic E-state index is 0.156. The van der Waals surface area contributed by atoms with Gasteiger partial charge in [0.2, 0.25) is 11.8 Å². The zero-order chi connectivity index (χ0) is 9.97. The lowest BCUT2D eigenvalue weighted by Crippen LogP contribution is -2.22. The SMILES string of the molecule is O=C1NCCC1CC[C@@H]1CCNC1=O. The molecular formula is C10H16N2O2. The van der Waals surface area contributed by atoms with E-state index >= 15 is 0 Å². The van der Waals surface area contributed by atoms with Gasteiger partial charge >= 0.3 is 0 Å². The average molecular weight is 196 g/mol. The first-order chi connectivity index (χ1) is 6.77. The molecule has 2 aliphatic rings. The van der Waals surface area contributed by atoms with Crippen molar-refractivity contribution in [1.82, 2.24) is 10.6 Å². The van der Waals surface area contributed by atoms with E-state index in [0.717, 1.165) is 38.8 Å². The highest BCUT2D eigenvalue weighted by Crippen LogP contribution is 2.22. The van der Waals surface area contributed by atoms with Crippen LogP contribution < -0.4 is 10.6 Å². The van der Waals surface area contributed by atoms with Gasteiger partial charge in [-0.1, -0.05) is 0 Å². The monoisotopic (exact) mass is 196 g/mol. The van der Waals surface area contributed by atoms with Crippen LogP contribution >= 0.6 is 0 Å². The van der Waals surface area contributed by atoms with Crippen LogP contribution in [0, 0.1) is 11.8 Å². The molecule has 2 aliphatic heterocycles. The van der Waals surface area contributed by atoms with E-state index in [1.54, 1.807) is 0 Å². The molecule has 2 amide bonds. The second kappa shape index (κ2) is 3.98. The van der Waals surface area contributed by atoms with Crippen LogP contribution in [0.15, 0.2) is 0 Å². The van der Waals surface area contributed by atoms with Gasteiger partial charge in [-0.2, -0.15) is 0 Å². The highest BCUT2D eigenvalue weighted by molar-refractivity contribution is 5.81. The van der Waals surface area contributed by atoms with Crippen molar-refractivity contribution in [3.05, 3.63) is 0 Å². The Kier molecular flexibility index (Phi) is 2.70. The molecule has 0 aliphatic carbocycles. The van der Waals surface area contributed by atoms with E-state index in [1.165, 1.54) is 0 Å². The van der Waals surface area contributed by atoms with Crippen LogP contribution in [0.1, 0.15) is 25.7 Å².